The molecule has 178 valence electrons. The fraction of sp³-hybridized carbons (Fsp3) is 0.269. The quantitative estimate of drug-likeness (QED) is 0.536. The van der Waals surface area contributed by atoms with Crippen LogP contribution in [0, 0.1) is 0 Å². The van der Waals surface area contributed by atoms with Crippen LogP contribution in [0.15, 0.2) is 89.8 Å². The highest BCUT2D eigenvalue weighted by Crippen LogP contribution is 2.24. The van der Waals surface area contributed by atoms with Gasteiger partial charge in [-0.05, 0) is 36.2 Å². The third kappa shape index (κ3) is 5.50. The van der Waals surface area contributed by atoms with E-state index in [1.165, 1.54) is 10.4 Å². The van der Waals surface area contributed by atoms with Gasteiger partial charge in [0.05, 0.1) is 17.0 Å². The van der Waals surface area contributed by atoms with Gasteiger partial charge in [-0.25, -0.2) is 8.42 Å². The van der Waals surface area contributed by atoms with Crippen LogP contribution in [0.4, 0.5) is 0 Å². The average Bonchev–Trinajstić information content (AvgIpc) is 2.88. The van der Waals surface area contributed by atoms with Gasteiger partial charge in [-0.3, -0.25) is 9.69 Å². The van der Waals surface area contributed by atoms with Gasteiger partial charge in [-0.2, -0.15) is 4.31 Å². The number of nitrogens with zero attached hydrogens (tertiary/aromatic N) is 2. The van der Waals surface area contributed by atoms with Crippen molar-refractivity contribution >= 4 is 27.5 Å². The molecule has 1 N–H and O–H groups in total. The number of nitrogens with one attached hydrogen (secondary N) is 1. The lowest BCUT2D eigenvalue weighted by Crippen LogP contribution is -2.55. The maximum absolute atomic E-state index is 13.2. The molecule has 1 aliphatic heterocycles. The molecular formula is C26H28ClN3O3S. The molecule has 0 unspecified atom stereocenters. The molecule has 1 atom stereocenters. The first-order valence-electron chi connectivity index (χ1n) is 11.3. The molecule has 0 aliphatic carbocycles. The number of amides is 1. The second-order valence-corrected chi connectivity index (χ2v) is 10.7. The Hall–Kier alpha value is -2.71. The Morgan fingerprint density at radius 1 is 0.853 bits per heavy atom. The third-order valence-corrected chi connectivity index (χ3v) is 8.32. The molecule has 4 rings (SSSR count). The Balaban J connectivity index is 1.42. The lowest BCUT2D eigenvalue weighted by atomic mass is 9.98. The molecule has 0 bridgehead atoms. The summed E-state index contributed by atoms with van der Waals surface area (Å²) in [7, 11) is -3.62. The molecule has 6 nitrogen and oxygen atoms in total. The normalized spacial score (nSPS) is 16.3. The van der Waals surface area contributed by atoms with Gasteiger partial charge in [0.2, 0.25) is 15.9 Å². The van der Waals surface area contributed by atoms with Gasteiger partial charge < -0.3 is 5.32 Å². The summed E-state index contributed by atoms with van der Waals surface area (Å²) >= 11 is 5.98. The minimum atomic E-state index is -3.62. The monoisotopic (exact) mass is 497 g/mol. The Kier molecular flexibility index (Phi) is 7.68. The van der Waals surface area contributed by atoms with Crippen molar-refractivity contribution in [1.29, 1.82) is 0 Å². The fourth-order valence-corrected chi connectivity index (χ4v) is 5.91. The van der Waals surface area contributed by atoms with E-state index in [2.05, 4.69) is 5.32 Å². The highest BCUT2D eigenvalue weighted by Gasteiger charge is 2.32. The fourth-order valence-electron chi connectivity index (χ4n) is 4.19. The maximum atomic E-state index is 13.2. The van der Waals surface area contributed by atoms with Crippen LogP contribution in [0.2, 0.25) is 5.02 Å². The van der Waals surface area contributed by atoms with Crippen LogP contribution in [0.3, 0.4) is 0 Å². The van der Waals surface area contributed by atoms with E-state index in [1.54, 1.807) is 18.2 Å². The van der Waals surface area contributed by atoms with Crippen molar-refractivity contribution in [2.75, 3.05) is 26.2 Å². The van der Waals surface area contributed by atoms with E-state index in [1.807, 2.05) is 72.5 Å². The van der Waals surface area contributed by atoms with Crippen molar-refractivity contribution in [3.63, 3.8) is 0 Å². The number of halogens is 1. The van der Waals surface area contributed by atoms with Crippen molar-refractivity contribution < 1.29 is 13.2 Å². The van der Waals surface area contributed by atoms with Crippen LogP contribution in [0.25, 0.3) is 0 Å². The number of hydrogen-bond donors (Lipinski definition) is 1. The van der Waals surface area contributed by atoms with Crippen LogP contribution in [-0.2, 0) is 14.8 Å². The zero-order chi connectivity index (χ0) is 24.1. The summed E-state index contributed by atoms with van der Waals surface area (Å²) in [5.41, 5.74) is 2.01. The molecule has 0 radical (unpaired) electrons. The van der Waals surface area contributed by atoms with E-state index in [-0.39, 0.29) is 16.8 Å². The highest BCUT2D eigenvalue weighted by molar-refractivity contribution is 7.89. The van der Waals surface area contributed by atoms with Gasteiger partial charge >= 0.3 is 0 Å². The van der Waals surface area contributed by atoms with E-state index in [4.69, 9.17) is 11.6 Å². The van der Waals surface area contributed by atoms with Crippen LogP contribution < -0.4 is 5.32 Å². The summed E-state index contributed by atoms with van der Waals surface area (Å²) in [6, 6.07) is 25.4. The summed E-state index contributed by atoms with van der Waals surface area (Å²) in [4.78, 5) is 15.4. The minimum Gasteiger partial charge on any atom is -0.344 e. The molecule has 0 aromatic heterocycles. The zero-order valence-electron chi connectivity index (χ0n) is 19.0. The average molecular weight is 498 g/mol. The summed E-state index contributed by atoms with van der Waals surface area (Å²) in [6.45, 7) is 3.43. The molecule has 3 aromatic rings. The van der Waals surface area contributed by atoms with Gasteiger partial charge in [0.25, 0.3) is 0 Å². The number of sulfonamides is 1. The predicted octanol–water partition coefficient (Wildman–Crippen LogP) is 3.94. The predicted molar refractivity (Wildman–Crippen MR) is 134 cm³/mol. The third-order valence-electron chi connectivity index (χ3n) is 6.19. The van der Waals surface area contributed by atoms with Gasteiger partial charge in [0.15, 0.2) is 0 Å². The standard InChI is InChI=1S/C26H28ClN3O3S/c1-20(26(31)28-25(21-9-4-2-5-10-21)22-11-6-3-7-12-22)29-15-17-30(18-16-29)34(32,33)24-14-8-13-23(27)19-24/h2-14,19-20,25H,15-18H2,1H3,(H,28,31)/t20-/m1/s1. The first kappa shape index (κ1) is 24.4. The number of piperazine rings is 1. The van der Waals surface area contributed by atoms with E-state index in [0.29, 0.717) is 31.2 Å². The lowest BCUT2D eigenvalue weighted by Gasteiger charge is -2.37. The molecule has 1 aliphatic rings. The molecule has 1 saturated heterocycles. The molecular weight excluding hydrogens is 470 g/mol. The molecule has 0 spiro atoms. The second-order valence-electron chi connectivity index (χ2n) is 8.34. The van der Waals surface area contributed by atoms with Crippen molar-refractivity contribution in [2.24, 2.45) is 0 Å². The van der Waals surface area contributed by atoms with Crippen LogP contribution >= 0.6 is 11.6 Å². The molecule has 1 amide bonds. The number of hydrogen-bond acceptors (Lipinski definition) is 4. The summed E-state index contributed by atoms with van der Waals surface area (Å²) < 4.78 is 27.4. The Morgan fingerprint density at radius 2 is 1.41 bits per heavy atom. The first-order valence-corrected chi connectivity index (χ1v) is 13.1. The molecule has 0 saturated carbocycles. The molecule has 3 aromatic carbocycles. The largest absolute Gasteiger partial charge is 0.344 e. The van der Waals surface area contributed by atoms with E-state index < -0.39 is 16.1 Å². The van der Waals surface area contributed by atoms with Gasteiger partial charge in [-0.1, -0.05) is 78.3 Å². The summed E-state index contributed by atoms with van der Waals surface area (Å²) in [5.74, 6) is -0.0937. The van der Waals surface area contributed by atoms with E-state index >= 15 is 0 Å². The molecule has 1 fully saturated rings. The van der Waals surface area contributed by atoms with Crippen molar-refractivity contribution in [1.82, 2.24) is 14.5 Å². The first-order chi connectivity index (χ1) is 16.4. The molecule has 8 heteroatoms. The van der Waals surface area contributed by atoms with Gasteiger partial charge in [0, 0.05) is 31.2 Å². The lowest BCUT2D eigenvalue weighted by molar-refractivity contribution is -0.126. The van der Waals surface area contributed by atoms with Crippen LogP contribution in [-0.4, -0.2) is 55.8 Å². The SMILES string of the molecule is C[C@H](C(=O)NC(c1ccccc1)c1ccccc1)N1CCN(S(=O)(=O)c2cccc(Cl)c2)CC1. The van der Waals surface area contributed by atoms with Gasteiger partial charge in [-0.15, -0.1) is 0 Å². The minimum absolute atomic E-state index is 0.0937. The van der Waals surface area contributed by atoms with Crippen LogP contribution in [0.5, 0.6) is 0 Å². The number of carbonyl (C=O) groups excluding carboxylic acids is 1. The van der Waals surface area contributed by atoms with Crippen molar-refractivity contribution in [2.45, 2.75) is 23.9 Å². The summed E-state index contributed by atoms with van der Waals surface area (Å²) in [6.07, 6.45) is 0. The Bertz CT molecular complexity index is 1170. The topological polar surface area (TPSA) is 69.7 Å². The maximum Gasteiger partial charge on any atom is 0.243 e. The van der Waals surface area contributed by atoms with E-state index in [9.17, 15) is 13.2 Å². The number of benzene rings is 3. The number of carbonyl (C=O) groups is 1. The molecule has 34 heavy (non-hydrogen) atoms. The summed E-state index contributed by atoms with van der Waals surface area (Å²) in [5, 5.41) is 3.58. The van der Waals surface area contributed by atoms with Crippen molar-refractivity contribution in [3.05, 3.63) is 101 Å². The highest BCUT2D eigenvalue weighted by atomic mass is 35.5. The Morgan fingerprint density at radius 3 is 1.94 bits per heavy atom. The van der Waals surface area contributed by atoms with Crippen molar-refractivity contribution in [3.8, 4) is 0 Å². The number of rotatable bonds is 7. The molecule has 1 heterocycles. The Labute approximate surface area is 206 Å². The smallest absolute Gasteiger partial charge is 0.243 e. The van der Waals surface area contributed by atoms with E-state index in [0.717, 1.165) is 11.1 Å². The zero-order valence-corrected chi connectivity index (χ0v) is 20.5. The second kappa shape index (κ2) is 10.7. The van der Waals surface area contributed by atoms with Gasteiger partial charge in [0.1, 0.15) is 0 Å². The van der Waals surface area contributed by atoms with Crippen LogP contribution in [0.1, 0.15) is 24.1 Å².